The molecule has 3 nitrogen and oxygen atoms in total. The fraction of sp³-hybridized carbons (Fsp3) is 0.583. The average molecular weight is 208 g/mol. The van der Waals surface area contributed by atoms with Gasteiger partial charge in [-0.25, -0.2) is 4.98 Å². The summed E-state index contributed by atoms with van der Waals surface area (Å²) >= 11 is 0. The summed E-state index contributed by atoms with van der Waals surface area (Å²) in [6, 6.07) is 3.86. The molecule has 1 aromatic rings. The second-order valence-electron chi connectivity index (χ2n) is 3.65. The lowest BCUT2D eigenvalue weighted by Crippen LogP contribution is -2.12. The van der Waals surface area contributed by atoms with E-state index in [1.807, 2.05) is 12.1 Å². The van der Waals surface area contributed by atoms with Crippen LogP contribution in [0.15, 0.2) is 18.3 Å². The van der Waals surface area contributed by atoms with Crippen LogP contribution >= 0.6 is 0 Å². The van der Waals surface area contributed by atoms with E-state index in [4.69, 9.17) is 4.74 Å². The van der Waals surface area contributed by atoms with E-state index in [1.165, 1.54) is 12.8 Å². The fourth-order valence-electron chi connectivity index (χ4n) is 1.45. The Morgan fingerprint density at radius 2 is 2.07 bits per heavy atom. The molecular formula is C12H20N2O. The third-order valence-electron chi connectivity index (χ3n) is 2.70. The number of ether oxygens (including phenoxy) is 1. The Labute approximate surface area is 91.9 Å². The van der Waals surface area contributed by atoms with Gasteiger partial charge in [-0.3, -0.25) is 0 Å². The summed E-state index contributed by atoms with van der Waals surface area (Å²) in [7, 11) is 1.62. The minimum Gasteiger partial charge on any atom is -0.481 e. The predicted octanol–water partition coefficient (Wildman–Crippen LogP) is 2.94. The van der Waals surface area contributed by atoms with Gasteiger partial charge in [0.25, 0.3) is 0 Å². The zero-order valence-electron chi connectivity index (χ0n) is 9.79. The molecular weight excluding hydrogens is 188 g/mol. The molecule has 0 aliphatic heterocycles. The summed E-state index contributed by atoms with van der Waals surface area (Å²) in [4.78, 5) is 4.14. The van der Waals surface area contributed by atoms with Crippen LogP contribution in [0.3, 0.4) is 0 Å². The molecule has 0 aliphatic rings. The maximum atomic E-state index is 5.00. The summed E-state index contributed by atoms with van der Waals surface area (Å²) in [6.45, 7) is 5.46. The molecule has 0 bridgehead atoms. The van der Waals surface area contributed by atoms with Crippen molar-refractivity contribution < 1.29 is 4.74 Å². The van der Waals surface area contributed by atoms with Gasteiger partial charge in [0.15, 0.2) is 0 Å². The fourth-order valence-corrected chi connectivity index (χ4v) is 1.45. The van der Waals surface area contributed by atoms with Crippen LogP contribution in [0.25, 0.3) is 0 Å². The number of nitrogens with zero attached hydrogens (tertiary/aromatic N) is 1. The minimum absolute atomic E-state index is 0.656. The van der Waals surface area contributed by atoms with Gasteiger partial charge in [0.1, 0.15) is 0 Å². The van der Waals surface area contributed by atoms with Crippen molar-refractivity contribution in [1.82, 2.24) is 4.98 Å². The van der Waals surface area contributed by atoms with E-state index >= 15 is 0 Å². The molecule has 0 aliphatic carbocycles. The molecule has 1 N–H and O–H groups in total. The Morgan fingerprint density at radius 3 is 2.53 bits per heavy atom. The number of nitrogens with one attached hydrogen (secondary N) is 1. The first kappa shape index (κ1) is 11.8. The van der Waals surface area contributed by atoms with Crippen molar-refractivity contribution in [3.8, 4) is 5.88 Å². The smallest absolute Gasteiger partial charge is 0.213 e. The highest BCUT2D eigenvalue weighted by atomic mass is 16.5. The number of hydrogen-bond acceptors (Lipinski definition) is 3. The number of rotatable bonds is 6. The van der Waals surface area contributed by atoms with Crippen molar-refractivity contribution in [1.29, 1.82) is 0 Å². The third-order valence-corrected chi connectivity index (χ3v) is 2.70. The molecule has 15 heavy (non-hydrogen) atoms. The Balaban J connectivity index is 2.43. The average Bonchev–Trinajstić information content (AvgIpc) is 2.31. The maximum absolute atomic E-state index is 5.00. The standard InChI is InChI=1S/C12H20N2O/c1-4-10(5-2)8-13-11-6-7-12(15-3)14-9-11/h6-7,9-10,13H,4-5,8H2,1-3H3. The number of pyridine rings is 1. The Bertz CT molecular complexity index is 267. The quantitative estimate of drug-likeness (QED) is 0.780. The highest BCUT2D eigenvalue weighted by Gasteiger charge is 2.02. The van der Waals surface area contributed by atoms with Crippen LogP contribution in [0.4, 0.5) is 5.69 Å². The first-order valence-electron chi connectivity index (χ1n) is 5.54. The molecule has 0 aromatic carbocycles. The van der Waals surface area contributed by atoms with Gasteiger partial charge in [0.05, 0.1) is 19.0 Å². The molecule has 0 amide bonds. The maximum Gasteiger partial charge on any atom is 0.213 e. The van der Waals surface area contributed by atoms with Gasteiger partial charge in [0.2, 0.25) is 5.88 Å². The minimum atomic E-state index is 0.656. The highest BCUT2D eigenvalue weighted by molar-refractivity contribution is 5.41. The van der Waals surface area contributed by atoms with Gasteiger partial charge in [-0.05, 0) is 12.0 Å². The lowest BCUT2D eigenvalue weighted by molar-refractivity contribution is 0.398. The molecule has 0 unspecified atom stereocenters. The zero-order valence-corrected chi connectivity index (χ0v) is 9.79. The molecule has 0 fully saturated rings. The van der Waals surface area contributed by atoms with Gasteiger partial charge in [-0.15, -0.1) is 0 Å². The van der Waals surface area contributed by atoms with E-state index < -0.39 is 0 Å². The van der Waals surface area contributed by atoms with E-state index in [-0.39, 0.29) is 0 Å². The molecule has 0 saturated carbocycles. The van der Waals surface area contributed by atoms with Crippen molar-refractivity contribution in [2.75, 3.05) is 19.0 Å². The van der Waals surface area contributed by atoms with Crippen LogP contribution < -0.4 is 10.1 Å². The number of methoxy groups -OCH3 is 1. The van der Waals surface area contributed by atoms with Crippen molar-refractivity contribution in [3.63, 3.8) is 0 Å². The zero-order chi connectivity index (χ0) is 11.1. The molecule has 3 heteroatoms. The topological polar surface area (TPSA) is 34.1 Å². The third kappa shape index (κ3) is 3.78. The van der Waals surface area contributed by atoms with Crippen molar-refractivity contribution in [2.45, 2.75) is 26.7 Å². The highest BCUT2D eigenvalue weighted by Crippen LogP contribution is 2.13. The molecule has 1 aromatic heterocycles. The van der Waals surface area contributed by atoms with Gasteiger partial charge in [0, 0.05) is 12.6 Å². The monoisotopic (exact) mass is 208 g/mol. The first-order chi connectivity index (χ1) is 7.30. The van der Waals surface area contributed by atoms with Crippen LogP contribution in [0.1, 0.15) is 26.7 Å². The summed E-state index contributed by atoms with van der Waals surface area (Å²) in [5.74, 6) is 1.40. The SMILES string of the molecule is CCC(CC)CNc1ccc(OC)nc1. The molecule has 0 saturated heterocycles. The second kappa shape index (κ2) is 6.27. The lowest BCUT2D eigenvalue weighted by atomic mass is 10.0. The van der Waals surface area contributed by atoms with E-state index in [9.17, 15) is 0 Å². The number of aromatic nitrogens is 1. The predicted molar refractivity (Wildman–Crippen MR) is 63.4 cm³/mol. The number of anilines is 1. The molecule has 0 atom stereocenters. The summed E-state index contributed by atoms with van der Waals surface area (Å²) in [5, 5.41) is 3.38. The van der Waals surface area contributed by atoms with Gasteiger partial charge in [-0.1, -0.05) is 26.7 Å². The van der Waals surface area contributed by atoms with Crippen LogP contribution in [0.2, 0.25) is 0 Å². The van der Waals surface area contributed by atoms with E-state index in [0.29, 0.717) is 5.88 Å². The van der Waals surface area contributed by atoms with E-state index in [0.717, 1.165) is 18.2 Å². The van der Waals surface area contributed by atoms with Crippen molar-refractivity contribution in [2.24, 2.45) is 5.92 Å². The molecule has 0 radical (unpaired) electrons. The Hall–Kier alpha value is -1.25. The van der Waals surface area contributed by atoms with E-state index in [2.05, 4.69) is 24.1 Å². The Kier molecular flexibility index (Phi) is 4.95. The van der Waals surface area contributed by atoms with Gasteiger partial charge in [-0.2, -0.15) is 0 Å². The van der Waals surface area contributed by atoms with Crippen LogP contribution in [0, 0.1) is 5.92 Å². The molecule has 1 rings (SSSR count). The van der Waals surface area contributed by atoms with E-state index in [1.54, 1.807) is 13.3 Å². The van der Waals surface area contributed by atoms with Crippen LogP contribution in [0.5, 0.6) is 5.88 Å². The Morgan fingerprint density at radius 1 is 1.33 bits per heavy atom. The summed E-state index contributed by atoms with van der Waals surface area (Å²) < 4.78 is 5.00. The lowest BCUT2D eigenvalue weighted by Gasteiger charge is -2.14. The van der Waals surface area contributed by atoms with Crippen molar-refractivity contribution in [3.05, 3.63) is 18.3 Å². The van der Waals surface area contributed by atoms with Gasteiger partial charge >= 0.3 is 0 Å². The normalized spacial score (nSPS) is 10.4. The molecule has 1 heterocycles. The molecule has 84 valence electrons. The number of hydrogen-bond donors (Lipinski definition) is 1. The molecule has 0 spiro atoms. The first-order valence-corrected chi connectivity index (χ1v) is 5.54. The van der Waals surface area contributed by atoms with Crippen molar-refractivity contribution >= 4 is 5.69 Å². The second-order valence-corrected chi connectivity index (χ2v) is 3.65. The summed E-state index contributed by atoms with van der Waals surface area (Å²) in [5.41, 5.74) is 1.06. The van der Waals surface area contributed by atoms with Crippen LogP contribution in [-0.4, -0.2) is 18.6 Å². The largest absolute Gasteiger partial charge is 0.481 e. The van der Waals surface area contributed by atoms with Gasteiger partial charge < -0.3 is 10.1 Å². The summed E-state index contributed by atoms with van der Waals surface area (Å²) in [6.07, 6.45) is 4.24. The van der Waals surface area contributed by atoms with Crippen LogP contribution in [-0.2, 0) is 0 Å².